The van der Waals surface area contributed by atoms with E-state index in [1.54, 1.807) is 16.4 Å². The molecule has 1 aromatic heterocycles. The number of sulfonamides is 1. The molecule has 2 atom stereocenters. The first-order valence-corrected chi connectivity index (χ1v) is 12.0. The van der Waals surface area contributed by atoms with Crippen molar-refractivity contribution in [3.05, 3.63) is 41.5 Å². The van der Waals surface area contributed by atoms with Gasteiger partial charge in [-0.1, -0.05) is 31.1 Å². The van der Waals surface area contributed by atoms with Crippen LogP contribution in [-0.4, -0.2) is 53.9 Å². The predicted molar refractivity (Wildman–Crippen MR) is 110 cm³/mol. The summed E-state index contributed by atoms with van der Waals surface area (Å²) >= 11 is 0. The summed E-state index contributed by atoms with van der Waals surface area (Å²) in [6.45, 7) is 8.55. The molecule has 29 heavy (non-hydrogen) atoms. The van der Waals surface area contributed by atoms with Gasteiger partial charge >= 0.3 is 0 Å². The van der Waals surface area contributed by atoms with Crippen LogP contribution in [0.1, 0.15) is 75.2 Å². The summed E-state index contributed by atoms with van der Waals surface area (Å²) in [5.41, 5.74) is 1.18. The van der Waals surface area contributed by atoms with Gasteiger partial charge in [0, 0.05) is 32.1 Å². The van der Waals surface area contributed by atoms with Crippen molar-refractivity contribution in [2.24, 2.45) is 0 Å². The molecule has 0 N–H and O–H groups in total. The lowest BCUT2D eigenvalue weighted by molar-refractivity contribution is 0.124. The van der Waals surface area contributed by atoms with E-state index in [0.29, 0.717) is 48.8 Å². The standard InChI is InChI=1S/C21H30N4O3S/c1-4-15(2)17-7-9-19(10-8-17)29(26,27)25-13-11-24(12-14-25)16(3)21-22-20(23-28-21)18-5-6-18/h7-10,15-16,18H,4-6,11-14H2,1-3H3. The minimum atomic E-state index is -3.47. The Morgan fingerprint density at radius 3 is 2.34 bits per heavy atom. The molecule has 1 aliphatic carbocycles. The Bertz CT molecular complexity index is 929. The van der Waals surface area contributed by atoms with Gasteiger partial charge in [-0.3, -0.25) is 4.90 Å². The number of aromatic nitrogens is 2. The van der Waals surface area contributed by atoms with Crippen LogP contribution >= 0.6 is 0 Å². The van der Waals surface area contributed by atoms with Gasteiger partial charge in [-0.25, -0.2) is 8.42 Å². The Morgan fingerprint density at radius 1 is 1.10 bits per heavy atom. The maximum Gasteiger partial charge on any atom is 0.243 e. The molecule has 2 heterocycles. The summed E-state index contributed by atoms with van der Waals surface area (Å²) in [5, 5.41) is 4.09. The topological polar surface area (TPSA) is 79.5 Å². The van der Waals surface area contributed by atoms with Crippen molar-refractivity contribution < 1.29 is 12.9 Å². The molecule has 2 unspecified atom stereocenters. The first-order chi connectivity index (χ1) is 13.9. The molecule has 0 bridgehead atoms. The summed E-state index contributed by atoms with van der Waals surface area (Å²) in [5.74, 6) is 2.34. The lowest BCUT2D eigenvalue weighted by Gasteiger charge is -2.36. The Hall–Kier alpha value is -1.77. The molecule has 2 aliphatic rings. The molecule has 4 rings (SSSR count). The molecule has 8 heteroatoms. The van der Waals surface area contributed by atoms with E-state index >= 15 is 0 Å². The molecule has 2 aromatic rings. The zero-order chi connectivity index (χ0) is 20.6. The third-order valence-corrected chi connectivity index (χ3v) is 8.19. The molecule has 1 aromatic carbocycles. The van der Waals surface area contributed by atoms with Crippen LogP contribution in [0.4, 0.5) is 0 Å². The van der Waals surface area contributed by atoms with Gasteiger partial charge in [0.2, 0.25) is 15.9 Å². The highest BCUT2D eigenvalue weighted by atomic mass is 32.2. The van der Waals surface area contributed by atoms with E-state index in [-0.39, 0.29) is 6.04 Å². The van der Waals surface area contributed by atoms with E-state index in [1.807, 2.05) is 19.1 Å². The first-order valence-electron chi connectivity index (χ1n) is 10.6. The lowest BCUT2D eigenvalue weighted by Crippen LogP contribution is -2.49. The van der Waals surface area contributed by atoms with Gasteiger partial charge in [-0.2, -0.15) is 9.29 Å². The molecular weight excluding hydrogens is 388 g/mol. The van der Waals surface area contributed by atoms with Gasteiger partial charge in [-0.15, -0.1) is 0 Å². The average Bonchev–Trinajstić information content (AvgIpc) is 3.49. The monoisotopic (exact) mass is 418 g/mol. The van der Waals surface area contributed by atoms with E-state index in [9.17, 15) is 8.42 Å². The van der Waals surface area contributed by atoms with Crippen LogP contribution in [0.2, 0.25) is 0 Å². The molecule has 1 aliphatic heterocycles. The van der Waals surface area contributed by atoms with Gasteiger partial charge in [0.25, 0.3) is 0 Å². The smallest absolute Gasteiger partial charge is 0.243 e. The SMILES string of the molecule is CCC(C)c1ccc(S(=O)(=O)N2CCN(C(C)c3nc(C4CC4)no3)CC2)cc1. The fourth-order valence-electron chi connectivity index (χ4n) is 3.76. The fourth-order valence-corrected chi connectivity index (χ4v) is 5.19. The Labute approximate surface area is 173 Å². The van der Waals surface area contributed by atoms with Crippen molar-refractivity contribution in [3.63, 3.8) is 0 Å². The third kappa shape index (κ3) is 4.25. The number of nitrogens with zero attached hydrogens (tertiary/aromatic N) is 4. The summed E-state index contributed by atoms with van der Waals surface area (Å²) in [7, 11) is -3.47. The summed E-state index contributed by atoms with van der Waals surface area (Å²) in [6.07, 6.45) is 3.32. The number of rotatable bonds is 7. The lowest BCUT2D eigenvalue weighted by atomic mass is 9.99. The largest absolute Gasteiger partial charge is 0.338 e. The molecule has 0 radical (unpaired) electrons. The van der Waals surface area contributed by atoms with E-state index in [4.69, 9.17) is 4.52 Å². The van der Waals surface area contributed by atoms with Gasteiger partial charge in [0.05, 0.1) is 10.9 Å². The molecule has 1 saturated carbocycles. The molecule has 1 saturated heterocycles. The second-order valence-electron chi connectivity index (χ2n) is 8.26. The zero-order valence-electron chi connectivity index (χ0n) is 17.4. The van der Waals surface area contributed by atoms with E-state index in [0.717, 1.165) is 25.1 Å². The zero-order valence-corrected chi connectivity index (χ0v) is 18.2. The first kappa shape index (κ1) is 20.5. The van der Waals surface area contributed by atoms with Crippen molar-refractivity contribution in [3.8, 4) is 0 Å². The predicted octanol–water partition coefficient (Wildman–Crippen LogP) is 3.53. The van der Waals surface area contributed by atoms with Crippen LogP contribution in [0.15, 0.2) is 33.7 Å². The Morgan fingerprint density at radius 2 is 1.76 bits per heavy atom. The molecule has 0 amide bonds. The van der Waals surface area contributed by atoms with Gasteiger partial charge in [0.1, 0.15) is 0 Å². The highest BCUT2D eigenvalue weighted by molar-refractivity contribution is 7.89. The second-order valence-corrected chi connectivity index (χ2v) is 10.2. The average molecular weight is 419 g/mol. The van der Waals surface area contributed by atoms with Gasteiger partial charge < -0.3 is 4.52 Å². The van der Waals surface area contributed by atoms with Crippen LogP contribution in [0.3, 0.4) is 0 Å². The minimum Gasteiger partial charge on any atom is -0.338 e. The van der Waals surface area contributed by atoms with Crippen LogP contribution in [0, 0.1) is 0 Å². The quantitative estimate of drug-likeness (QED) is 0.684. The van der Waals surface area contributed by atoms with E-state index < -0.39 is 10.0 Å². The van der Waals surface area contributed by atoms with Crippen LogP contribution in [-0.2, 0) is 10.0 Å². The summed E-state index contributed by atoms with van der Waals surface area (Å²) < 4.78 is 33.1. The molecule has 2 fully saturated rings. The number of hydrogen-bond acceptors (Lipinski definition) is 6. The van der Waals surface area contributed by atoms with Crippen molar-refractivity contribution in [1.29, 1.82) is 0 Å². The third-order valence-electron chi connectivity index (χ3n) is 6.28. The number of piperazine rings is 1. The molecule has 0 spiro atoms. The maximum atomic E-state index is 13.0. The Balaban J connectivity index is 1.38. The highest BCUT2D eigenvalue weighted by Crippen LogP contribution is 2.38. The van der Waals surface area contributed by atoms with E-state index in [1.165, 1.54) is 5.56 Å². The molecular formula is C21H30N4O3S. The van der Waals surface area contributed by atoms with Crippen LogP contribution in [0.25, 0.3) is 0 Å². The Kier molecular flexibility index (Phi) is 5.77. The normalized spacial score (nSPS) is 21.2. The van der Waals surface area contributed by atoms with Crippen LogP contribution in [0.5, 0.6) is 0 Å². The number of benzene rings is 1. The molecule has 158 valence electrons. The summed E-state index contributed by atoms with van der Waals surface area (Å²) in [4.78, 5) is 7.12. The van der Waals surface area contributed by atoms with Gasteiger partial charge in [-0.05, 0) is 49.8 Å². The van der Waals surface area contributed by atoms with E-state index in [2.05, 4.69) is 28.9 Å². The van der Waals surface area contributed by atoms with Crippen molar-refractivity contribution in [2.75, 3.05) is 26.2 Å². The maximum absolute atomic E-state index is 13.0. The number of hydrogen-bond donors (Lipinski definition) is 0. The summed E-state index contributed by atoms with van der Waals surface area (Å²) in [6, 6.07) is 7.35. The minimum absolute atomic E-state index is 0.00494. The van der Waals surface area contributed by atoms with Gasteiger partial charge in [0.15, 0.2) is 5.82 Å². The second kappa shape index (κ2) is 8.16. The van der Waals surface area contributed by atoms with Crippen molar-refractivity contribution >= 4 is 10.0 Å². The fraction of sp³-hybridized carbons (Fsp3) is 0.619. The van der Waals surface area contributed by atoms with Crippen molar-refractivity contribution in [1.82, 2.24) is 19.3 Å². The highest BCUT2D eigenvalue weighted by Gasteiger charge is 2.33. The van der Waals surface area contributed by atoms with Crippen LogP contribution < -0.4 is 0 Å². The molecule has 7 nitrogen and oxygen atoms in total. The van der Waals surface area contributed by atoms with Crippen molar-refractivity contribution in [2.45, 2.75) is 62.8 Å².